The molecule has 1 aromatic carbocycles. The zero-order chi connectivity index (χ0) is 10.3. The standard InChI is InChI=1S/C14H15N/c1-2-10-9-13(10)11-5-6-14-12(8-11)4-3-7-15-14/h3-8,10,13H,2,9H2,1H3/t10?,13-/m1/s1. The summed E-state index contributed by atoms with van der Waals surface area (Å²) in [6.45, 7) is 2.28. The average Bonchev–Trinajstić information content (AvgIpc) is 3.08. The lowest BCUT2D eigenvalue weighted by atomic mass is 10.1. The van der Waals surface area contributed by atoms with Crippen LogP contribution in [0.25, 0.3) is 10.9 Å². The largest absolute Gasteiger partial charge is 0.256 e. The van der Waals surface area contributed by atoms with Crippen molar-refractivity contribution in [3.05, 3.63) is 42.1 Å². The molecule has 1 heterocycles. The number of nitrogens with zero attached hydrogens (tertiary/aromatic N) is 1. The molecule has 1 saturated carbocycles. The van der Waals surface area contributed by atoms with Crippen LogP contribution >= 0.6 is 0 Å². The monoisotopic (exact) mass is 197 g/mol. The van der Waals surface area contributed by atoms with Gasteiger partial charge in [0.2, 0.25) is 0 Å². The second-order valence-electron chi connectivity index (χ2n) is 4.47. The Bertz CT molecular complexity index is 489. The van der Waals surface area contributed by atoms with Crippen molar-refractivity contribution in [2.75, 3.05) is 0 Å². The molecule has 15 heavy (non-hydrogen) atoms. The molecular weight excluding hydrogens is 182 g/mol. The SMILES string of the molecule is CCC1C[C@H]1c1ccc2ncccc2c1. The first kappa shape index (κ1) is 8.90. The Kier molecular flexibility index (Phi) is 1.98. The van der Waals surface area contributed by atoms with Crippen LogP contribution in [0.2, 0.25) is 0 Å². The van der Waals surface area contributed by atoms with E-state index in [1.165, 1.54) is 23.8 Å². The van der Waals surface area contributed by atoms with Gasteiger partial charge in [0.25, 0.3) is 0 Å². The van der Waals surface area contributed by atoms with Crippen LogP contribution in [0.3, 0.4) is 0 Å². The number of hydrogen-bond acceptors (Lipinski definition) is 1. The predicted molar refractivity (Wildman–Crippen MR) is 62.9 cm³/mol. The highest BCUT2D eigenvalue weighted by atomic mass is 14.6. The van der Waals surface area contributed by atoms with E-state index >= 15 is 0 Å². The fourth-order valence-electron chi connectivity index (χ4n) is 2.43. The van der Waals surface area contributed by atoms with Crippen LogP contribution in [0.15, 0.2) is 36.5 Å². The van der Waals surface area contributed by atoms with Gasteiger partial charge in [-0.3, -0.25) is 4.98 Å². The summed E-state index contributed by atoms with van der Waals surface area (Å²) in [4.78, 5) is 4.34. The molecule has 0 N–H and O–H groups in total. The van der Waals surface area contributed by atoms with Gasteiger partial charge in [-0.1, -0.05) is 25.5 Å². The summed E-state index contributed by atoms with van der Waals surface area (Å²) in [5.41, 5.74) is 2.61. The van der Waals surface area contributed by atoms with E-state index in [2.05, 4.69) is 36.2 Å². The molecule has 76 valence electrons. The Morgan fingerprint density at radius 2 is 2.27 bits per heavy atom. The minimum Gasteiger partial charge on any atom is -0.256 e. The molecule has 0 aliphatic heterocycles. The number of fused-ring (bicyclic) bond motifs is 1. The number of pyridine rings is 1. The van der Waals surface area contributed by atoms with Gasteiger partial charge >= 0.3 is 0 Å². The Hall–Kier alpha value is -1.37. The van der Waals surface area contributed by atoms with Gasteiger partial charge in [-0.15, -0.1) is 0 Å². The first-order valence-corrected chi connectivity index (χ1v) is 5.73. The van der Waals surface area contributed by atoms with Gasteiger partial charge in [-0.2, -0.15) is 0 Å². The minimum absolute atomic E-state index is 0.819. The van der Waals surface area contributed by atoms with E-state index in [-0.39, 0.29) is 0 Å². The highest BCUT2D eigenvalue weighted by molar-refractivity contribution is 5.79. The smallest absolute Gasteiger partial charge is 0.0702 e. The van der Waals surface area contributed by atoms with E-state index in [0.29, 0.717) is 0 Å². The molecule has 1 unspecified atom stereocenters. The maximum atomic E-state index is 4.34. The normalized spacial score (nSPS) is 24.3. The van der Waals surface area contributed by atoms with Gasteiger partial charge < -0.3 is 0 Å². The molecule has 1 aliphatic carbocycles. The first-order chi connectivity index (χ1) is 7.38. The summed E-state index contributed by atoms with van der Waals surface area (Å²) in [6, 6.07) is 10.9. The zero-order valence-corrected chi connectivity index (χ0v) is 8.98. The Labute approximate surface area is 90.2 Å². The van der Waals surface area contributed by atoms with Crippen molar-refractivity contribution >= 4 is 10.9 Å². The van der Waals surface area contributed by atoms with Crippen molar-refractivity contribution in [2.45, 2.75) is 25.7 Å². The molecule has 0 saturated heterocycles. The molecule has 1 aromatic heterocycles. The molecule has 1 aliphatic rings. The maximum absolute atomic E-state index is 4.34. The van der Waals surface area contributed by atoms with Gasteiger partial charge in [0.05, 0.1) is 5.52 Å². The molecule has 0 spiro atoms. The summed E-state index contributed by atoms with van der Waals surface area (Å²) >= 11 is 0. The highest BCUT2D eigenvalue weighted by Crippen LogP contribution is 2.49. The molecule has 0 bridgehead atoms. The summed E-state index contributed by atoms with van der Waals surface area (Å²) in [5, 5.41) is 1.27. The molecule has 3 rings (SSSR count). The Morgan fingerprint density at radius 3 is 3.07 bits per heavy atom. The lowest BCUT2D eigenvalue weighted by Gasteiger charge is -2.01. The second kappa shape index (κ2) is 3.34. The highest BCUT2D eigenvalue weighted by Gasteiger charge is 2.36. The van der Waals surface area contributed by atoms with Crippen LogP contribution in [-0.2, 0) is 0 Å². The Morgan fingerprint density at radius 1 is 1.33 bits per heavy atom. The van der Waals surface area contributed by atoms with Crippen LogP contribution in [0.4, 0.5) is 0 Å². The summed E-state index contributed by atoms with van der Waals surface area (Å²) in [5.74, 6) is 1.75. The van der Waals surface area contributed by atoms with Gasteiger partial charge in [0, 0.05) is 11.6 Å². The van der Waals surface area contributed by atoms with Crippen LogP contribution in [-0.4, -0.2) is 4.98 Å². The lowest BCUT2D eigenvalue weighted by molar-refractivity contribution is 0.766. The van der Waals surface area contributed by atoms with E-state index in [1.54, 1.807) is 0 Å². The molecular formula is C14H15N. The van der Waals surface area contributed by atoms with Crippen molar-refractivity contribution in [1.29, 1.82) is 0 Å². The van der Waals surface area contributed by atoms with Gasteiger partial charge in [0.1, 0.15) is 0 Å². The van der Waals surface area contributed by atoms with E-state index in [4.69, 9.17) is 0 Å². The molecule has 1 heteroatoms. The number of benzene rings is 1. The van der Waals surface area contributed by atoms with Crippen molar-refractivity contribution in [3.63, 3.8) is 0 Å². The third kappa shape index (κ3) is 1.52. The predicted octanol–water partition coefficient (Wildman–Crippen LogP) is 3.75. The van der Waals surface area contributed by atoms with Crippen LogP contribution in [0.5, 0.6) is 0 Å². The van der Waals surface area contributed by atoms with E-state index in [9.17, 15) is 0 Å². The summed E-state index contributed by atoms with van der Waals surface area (Å²) in [6.07, 6.45) is 4.55. The minimum atomic E-state index is 0.819. The third-order valence-corrected chi connectivity index (χ3v) is 3.50. The first-order valence-electron chi connectivity index (χ1n) is 5.73. The molecule has 2 aromatic rings. The molecule has 1 nitrogen and oxygen atoms in total. The topological polar surface area (TPSA) is 12.9 Å². The quantitative estimate of drug-likeness (QED) is 0.714. The van der Waals surface area contributed by atoms with Crippen molar-refractivity contribution in [1.82, 2.24) is 4.98 Å². The molecule has 1 fully saturated rings. The van der Waals surface area contributed by atoms with Gasteiger partial charge in [-0.25, -0.2) is 0 Å². The fourth-order valence-corrected chi connectivity index (χ4v) is 2.43. The third-order valence-electron chi connectivity index (χ3n) is 3.50. The maximum Gasteiger partial charge on any atom is 0.0702 e. The second-order valence-corrected chi connectivity index (χ2v) is 4.47. The molecule has 2 atom stereocenters. The summed E-state index contributed by atoms with van der Waals surface area (Å²) in [7, 11) is 0. The van der Waals surface area contributed by atoms with Crippen LogP contribution < -0.4 is 0 Å². The van der Waals surface area contributed by atoms with E-state index in [1.807, 2.05) is 12.3 Å². The lowest BCUT2D eigenvalue weighted by Crippen LogP contribution is -1.84. The van der Waals surface area contributed by atoms with Crippen molar-refractivity contribution in [2.24, 2.45) is 5.92 Å². The molecule has 0 radical (unpaired) electrons. The number of aromatic nitrogens is 1. The van der Waals surface area contributed by atoms with E-state index in [0.717, 1.165) is 17.4 Å². The van der Waals surface area contributed by atoms with Gasteiger partial charge in [-0.05, 0) is 42.0 Å². The van der Waals surface area contributed by atoms with Crippen LogP contribution in [0, 0.1) is 5.92 Å². The van der Waals surface area contributed by atoms with Gasteiger partial charge in [0.15, 0.2) is 0 Å². The zero-order valence-electron chi connectivity index (χ0n) is 8.98. The van der Waals surface area contributed by atoms with Crippen LogP contribution in [0.1, 0.15) is 31.2 Å². The fraction of sp³-hybridized carbons (Fsp3) is 0.357. The molecule has 0 amide bonds. The van der Waals surface area contributed by atoms with Crippen molar-refractivity contribution < 1.29 is 0 Å². The number of hydrogen-bond donors (Lipinski definition) is 0. The number of rotatable bonds is 2. The average molecular weight is 197 g/mol. The summed E-state index contributed by atoms with van der Waals surface area (Å²) < 4.78 is 0. The Balaban J connectivity index is 2.00. The van der Waals surface area contributed by atoms with E-state index < -0.39 is 0 Å². The van der Waals surface area contributed by atoms with Crippen molar-refractivity contribution in [3.8, 4) is 0 Å².